The van der Waals surface area contributed by atoms with Crippen LogP contribution in [-0.4, -0.2) is 24.5 Å². The van der Waals surface area contributed by atoms with Crippen molar-refractivity contribution in [2.24, 2.45) is 0 Å². The number of aromatic carboxylic acids is 1. The van der Waals surface area contributed by atoms with Gasteiger partial charge in [0.05, 0.1) is 11.3 Å². The van der Waals surface area contributed by atoms with Crippen LogP contribution in [0.15, 0.2) is 46.0 Å². The zero-order valence-corrected chi connectivity index (χ0v) is 12.9. The summed E-state index contributed by atoms with van der Waals surface area (Å²) in [5.74, 6) is -3.24. The molecule has 0 saturated heterocycles. The number of carboxylic acids is 1. The van der Waals surface area contributed by atoms with Crippen molar-refractivity contribution in [2.45, 2.75) is 10.6 Å². The Morgan fingerprint density at radius 3 is 2.48 bits per heavy atom. The maximum absolute atomic E-state index is 14.1. The summed E-state index contributed by atoms with van der Waals surface area (Å²) in [6.45, 7) is 0. The van der Waals surface area contributed by atoms with Crippen molar-refractivity contribution in [3.63, 3.8) is 0 Å². The quantitative estimate of drug-likeness (QED) is 0.890. The molecule has 2 rings (SSSR count). The second-order valence-electron chi connectivity index (χ2n) is 4.19. The number of sulfone groups is 1. The molecular formula is C13H9BrFNO4S. The van der Waals surface area contributed by atoms with Gasteiger partial charge in [0.15, 0.2) is 15.7 Å². The lowest BCUT2D eigenvalue weighted by Crippen LogP contribution is -2.11. The minimum atomic E-state index is -4.02. The molecule has 110 valence electrons. The van der Waals surface area contributed by atoms with Crippen LogP contribution in [0, 0.1) is 5.82 Å². The summed E-state index contributed by atoms with van der Waals surface area (Å²) >= 11 is 2.99. The van der Waals surface area contributed by atoms with Crippen molar-refractivity contribution < 1.29 is 22.7 Å². The molecule has 0 aliphatic carbocycles. The number of hydrogen-bond donors (Lipinski definition) is 1. The fourth-order valence-corrected chi connectivity index (χ4v) is 3.81. The van der Waals surface area contributed by atoms with E-state index in [4.69, 9.17) is 5.11 Å². The summed E-state index contributed by atoms with van der Waals surface area (Å²) < 4.78 is 38.8. The van der Waals surface area contributed by atoms with Crippen LogP contribution in [0.25, 0.3) is 0 Å². The molecule has 0 aliphatic rings. The Hall–Kier alpha value is -1.80. The first kappa shape index (κ1) is 15.6. The molecule has 1 N–H and O–H groups in total. The summed E-state index contributed by atoms with van der Waals surface area (Å²) in [4.78, 5) is 14.1. The van der Waals surface area contributed by atoms with Gasteiger partial charge in [0, 0.05) is 16.9 Å². The molecule has 0 atom stereocenters. The lowest BCUT2D eigenvalue weighted by molar-refractivity contribution is 0.0691. The van der Waals surface area contributed by atoms with Gasteiger partial charge >= 0.3 is 5.97 Å². The van der Waals surface area contributed by atoms with Crippen molar-refractivity contribution in [2.75, 3.05) is 0 Å². The van der Waals surface area contributed by atoms with Crippen LogP contribution >= 0.6 is 15.9 Å². The summed E-state index contributed by atoms with van der Waals surface area (Å²) in [5.41, 5.74) is -0.265. The molecule has 0 radical (unpaired) electrons. The molecule has 0 bridgehead atoms. The third-order valence-corrected chi connectivity index (χ3v) is 4.81. The van der Waals surface area contributed by atoms with E-state index in [0.29, 0.717) is 5.56 Å². The highest BCUT2D eigenvalue weighted by molar-refractivity contribution is 9.10. The third-order valence-electron chi connectivity index (χ3n) is 2.68. The van der Waals surface area contributed by atoms with E-state index in [1.807, 2.05) is 0 Å². The molecule has 0 unspecified atom stereocenters. The lowest BCUT2D eigenvalue weighted by atomic mass is 10.2. The average Bonchev–Trinajstić information content (AvgIpc) is 2.41. The predicted molar refractivity (Wildman–Crippen MR) is 76.2 cm³/mol. The largest absolute Gasteiger partial charge is 0.478 e. The molecule has 1 aromatic carbocycles. The van der Waals surface area contributed by atoms with E-state index in [1.54, 1.807) is 0 Å². The van der Waals surface area contributed by atoms with Gasteiger partial charge in [-0.05, 0) is 29.8 Å². The van der Waals surface area contributed by atoms with Gasteiger partial charge < -0.3 is 5.11 Å². The van der Waals surface area contributed by atoms with Crippen molar-refractivity contribution >= 4 is 31.7 Å². The van der Waals surface area contributed by atoms with Crippen molar-refractivity contribution in [1.29, 1.82) is 0 Å². The molecular weight excluding hydrogens is 365 g/mol. The molecule has 0 aliphatic heterocycles. The van der Waals surface area contributed by atoms with E-state index in [2.05, 4.69) is 20.9 Å². The SMILES string of the molecule is O=C(O)c1cc(Br)cc(S(=O)(=O)Cc2ccncc2)c1F. The lowest BCUT2D eigenvalue weighted by Gasteiger charge is -2.08. The highest BCUT2D eigenvalue weighted by Crippen LogP contribution is 2.26. The topological polar surface area (TPSA) is 84.3 Å². The number of rotatable bonds is 4. The Balaban J connectivity index is 2.53. The first-order valence-electron chi connectivity index (χ1n) is 5.65. The molecule has 1 heterocycles. The molecule has 0 amide bonds. The highest BCUT2D eigenvalue weighted by Gasteiger charge is 2.25. The zero-order valence-electron chi connectivity index (χ0n) is 10.5. The fourth-order valence-electron chi connectivity index (χ4n) is 1.72. The number of pyridine rings is 1. The standard InChI is InChI=1S/C13H9BrFNO4S/c14-9-5-10(13(17)18)12(15)11(6-9)21(19,20)7-8-1-3-16-4-2-8/h1-6H,7H2,(H,17,18). The highest BCUT2D eigenvalue weighted by atomic mass is 79.9. The fraction of sp³-hybridized carbons (Fsp3) is 0.0769. The Labute approximate surface area is 128 Å². The molecule has 21 heavy (non-hydrogen) atoms. The summed E-state index contributed by atoms with van der Waals surface area (Å²) in [7, 11) is -4.02. The normalized spacial score (nSPS) is 11.3. The average molecular weight is 374 g/mol. The minimum absolute atomic E-state index is 0.176. The number of hydrogen-bond acceptors (Lipinski definition) is 4. The summed E-state index contributed by atoms with van der Waals surface area (Å²) in [5, 5.41) is 8.91. The van der Waals surface area contributed by atoms with Crippen molar-refractivity contribution in [3.8, 4) is 0 Å². The number of aromatic nitrogens is 1. The maximum Gasteiger partial charge on any atom is 0.338 e. The Morgan fingerprint density at radius 1 is 1.29 bits per heavy atom. The zero-order chi connectivity index (χ0) is 15.6. The number of halogens is 2. The molecule has 8 heteroatoms. The summed E-state index contributed by atoms with van der Waals surface area (Å²) in [6.07, 6.45) is 2.84. The Kier molecular flexibility index (Phi) is 4.38. The number of carboxylic acid groups (broad SMARTS) is 1. The van der Waals surface area contributed by atoms with Gasteiger partial charge in [0.2, 0.25) is 0 Å². The van der Waals surface area contributed by atoms with Gasteiger partial charge in [0.25, 0.3) is 0 Å². The van der Waals surface area contributed by atoms with E-state index >= 15 is 0 Å². The molecule has 0 fully saturated rings. The van der Waals surface area contributed by atoms with Gasteiger partial charge in [-0.15, -0.1) is 0 Å². The van der Waals surface area contributed by atoms with Gasteiger partial charge in [-0.1, -0.05) is 15.9 Å². The van der Waals surface area contributed by atoms with Crippen LogP contribution in [0.5, 0.6) is 0 Å². The van der Waals surface area contributed by atoms with Crippen LogP contribution in [0.2, 0.25) is 0 Å². The monoisotopic (exact) mass is 373 g/mol. The number of carbonyl (C=O) groups is 1. The number of benzene rings is 1. The van der Waals surface area contributed by atoms with Crippen LogP contribution in [0.3, 0.4) is 0 Å². The molecule has 1 aromatic heterocycles. The van der Waals surface area contributed by atoms with Crippen LogP contribution < -0.4 is 0 Å². The van der Waals surface area contributed by atoms with Crippen LogP contribution in [0.4, 0.5) is 4.39 Å². The van der Waals surface area contributed by atoms with Crippen molar-refractivity contribution in [3.05, 3.63) is 58.1 Å². The van der Waals surface area contributed by atoms with Gasteiger partial charge in [-0.3, -0.25) is 4.98 Å². The molecule has 0 spiro atoms. The van der Waals surface area contributed by atoms with Gasteiger partial charge in [0.1, 0.15) is 4.90 Å². The summed E-state index contributed by atoms with van der Waals surface area (Å²) in [6, 6.07) is 5.05. The third kappa shape index (κ3) is 3.45. The first-order chi connectivity index (χ1) is 9.81. The van der Waals surface area contributed by atoms with Crippen LogP contribution in [0.1, 0.15) is 15.9 Å². The second-order valence-corrected chi connectivity index (χ2v) is 7.06. The second kappa shape index (κ2) is 5.90. The van der Waals surface area contributed by atoms with E-state index in [1.165, 1.54) is 24.5 Å². The predicted octanol–water partition coefficient (Wildman–Crippen LogP) is 2.66. The van der Waals surface area contributed by atoms with Gasteiger partial charge in [-0.2, -0.15) is 0 Å². The number of nitrogens with zero attached hydrogens (tertiary/aromatic N) is 1. The van der Waals surface area contributed by atoms with E-state index in [9.17, 15) is 17.6 Å². The van der Waals surface area contributed by atoms with Crippen LogP contribution in [-0.2, 0) is 15.6 Å². The van der Waals surface area contributed by atoms with E-state index in [-0.39, 0.29) is 4.47 Å². The Morgan fingerprint density at radius 2 is 1.90 bits per heavy atom. The van der Waals surface area contributed by atoms with Crippen molar-refractivity contribution in [1.82, 2.24) is 4.98 Å². The van der Waals surface area contributed by atoms with Gasteiger partial charge in [-0.25, -0.2) is 17.6 Å². The molecule has 0 saturated carbocycles. The smallest absolute Gasteiger partial charge is 0.338 e. The minimum Gasteiger partial charge on any atom is -0.478 e. The first-order valence-corrected chi connectivity index (χ1v) is 8.10. The van der Waals surface area contributed by atoms with E-state index in [0.717, 1.165) is 12.1 Å². The molecule has 2 aromatic rings. The maximum atomic E-state index is 14.1. The molecule has 5 nitrogen and oxygen atoms in total. The van der Waals surface area contributed by atoms with E-state index < -0.39 is 37.8 Å². The Bertz CT molecular complexity index is 793.